The van der Waals surface area contributed by atoms with E-state index in [1.807, 2.05) is 11.8 Å². The minimum atomic E-state index is -1.06. The summed E-state index contributed by atoms with van der Waals surface area (Å²) in [7, 11) is 0. The van der Waals surface area contributed by atoms with Crippen molar-refractivity contribution in [2.75, 3.05) is 24.6 Å². The van der Waals surface area contributed by atoms with E-state index in [2.05, 4.69) is 25.5 Å². The zero-order chi connectivity index (χ0) is 19.6. The van der Waals surface area contributed by atoms with E-state index in [-0.39, 0.29) is 17.5 Å². The van der Waals surface area contributed by atoms with Crippen LogP contribution in [-0.2, 0) is 6.42 Å². The Balaban J connectivity index is 1.59. The average Bonchev–Trinajstić information content (AvgIpc) is 3.29. The number of hydrogen-bond donors (Lipinski definition) is 5. The topological polar surface area (TPSA) is 147 Å². The van der Waals surface area contributed by atoms with Crippen LogP contribution in [0.4, 0.5) is 5.13 Å². The number of carbonyl (C=O) groups is 1. The van der Waals surface area contributed by atoms with Gasteiger partial charge in [0, 0.05) is 13.1 Å². The lowest BCUT2D eigenvalue weighted by Crippen LogP contribution is -2.54. The van der Waals surface area contributed by atoms with Crippen LogP contribution in [0.3, 0.4) is 0 Å². The molecule has 0 spiro atoms. The van der Waals surface area contributed by atoms with Crippen molar-refractivity contribution in [1.82, 2.24) is 25.5 Å². The van der Waals surface area contributed by atoms with Crippen molar-refractivity contribution in [1.29, 1.82) is 0 Å². The lowest BCUT2D eigenvalue weighted by Gasteiger charge is -2.35. The molecule has 148 valence electrons. The van der Waals surface area contributed by atoms with Gasteiger partial charge >= 0.3 is 0 Å². The van der Waals surface area contributed by atoms with E-state index in [1.54, 1.807) is 0 Å². The number of anilines is 1. The number of piperidine rings is 1. The highest BCUT2D eigenvalue weighted by Crippen LogP contribution is 2.27. The molecule has 3 heterocycles. The summed E-state index contributed by atoms with van der Waals surface area (Å²) in [4.78, 5) is 21.1. The summed E-state index contributed by atoms with van der Waals surface area (Å²) >= 11 is 7.12. The molecule has 1 aliphatic heterocycles. The fraction of sp³-hybridized carbons (Fsp3) is 0.600. The van der Waals surface area contributed by atoms with Crippen LogP contribution < -0.4 is 10.2 Å². The van der Waals surface area contributed by atoms with E-state index >= 15 is 0 Å². The summed E-state index contributed by atoms with van der Waals surface area (Å²) in [6, 6.07) is -0.432. The van der Waals surface area contributed by atoms with Crippen LogP contribution in [0.5, 0.6) is 0 Å². The second kappa shape index (κ2) is 8.48. The number of carbonyl (C=O) groups excluding carboxylic acids is 1. The molecule has 0 aromatic carbocycles. The van der Waals surface area contributed by atoms with Crippen LogP contribution in [0.2, 0.25) is 5.15 Å². The number of imidazole rings is 1. The third kappa shape index (κ3) is 4.38. The molecule has 1 amide bonds. The van der Waals surface area contributed by atoms with Crippen molar-refractivity contribution in [3.05, 3.63) is 21.7 Å². The Morgan fingerprint density at radius 3 is 2.93 bits per heavy atom. The van der Waals surface area contributed by atoms with Gasteiger partial charge in [0.1, 0.15) is 11.1 Å². The highest BCUT2D eigenvalue weighted by molar-refractivity contribution is 7.15. The van der Waals surface area contributed by atoms with E-state index < -0.39 is 30.8 Å². The standard InChI is InChI=1S/C15H21ClN6O4S/c1-2-7-11(16)19-12(17-7)13(26)18-8-3-4-22(5-9(8)24)15-21-20-14(27-15)10(25)6-23/h8-10,23-25H,2-6H2,1H3,(H,17,19)(H,18,26)/t8-,9+,10+/m1/s1. The molecule has 1 aliphatic rings. The fourth-order valence-electron chi connectivity index (χ4n) is 2.81. The quantitative estimate of drug-likeness (QED) is 0.437. The number of aliphatic hydroxyl groups excluding tert-OH is 3. The van der Waals surface area contributed by atoms with Crippen LogP contribution in [-0.4, -0.2) is 73.2 Å². The number of nitrogens with zero attached hydrogens (tertiary/aromatic N) is 4. The van der Waals surface area contributed by atoms with Gasteiger partial charge < -0.3 is 30.5 Å². The van der Waals surface area contributed by atoms with Crippen molar-refractivity contribution < 1.29 is 20.1 Å². The van der Waals surface area contributed by atoms with E-state index in [1.165, 1.54) is 0 Å². The van der Waals surface area contributed by atoms with Crippen molar-refractivity contribution in [3.8, 4) is 0 Å². The smallest absolute Gasteiger partial charge is 0.287 e. The first kappa shape index (κ1) is 20.0. The van der Waals surface area contributed by atoms with Crippen LogP contribution in [0.15, 0.2) is 0 Å². The van der Waals surface area contributed by atoms with Crippen molar-refractivity contribution in [3.63, 3.8) is 0 Å². The Morgan fingerprint density at radius 2 is 2.30 bits per heavy atom. The predicted molar refractivity (Wildman–Crippen MR) is 99.0 cm³/mol. The largest absolute Gasteiger partial charge is 0.393 e. The average molecular weight is 417 g/mol. The van der Waals surface area contributed by atoms with Crippen molar-refractivity contribution in [2.45, 2.75) is 38.0 Å². The molecule has 10 nitrogen and oxygen atoms in total. The third-order valence-electron chi connectivity index (χ3n) is 4.35. The van der Waals surface area contributed by atoms with E-state index in [9.17, 15) is 15.0 Å². The second-order valence-electron chi connectivity index (χ2n) is 6.21. The summed E-state index contributed by atoms with van der Waals surface area (Å²) in [5.74, 6) is -0.295. The molecule has 2 aromatic rings. The molecule has 0 aliphatic carbocycles. The summed E-state index contributed by atoms with van der Waals surface area (Å²) in [5, 5.41) is 40.8. The maximum atomic E-state index is 12.3. The molecule has 3 atom stereocenters. The number of hydrogen-bond acceptors (Lipinski definition) is 9. The van der Waals surface area contributed by atoms with E-state index in [4.69, 9.17) is 16.7 Å². The molecule has 27 heavy (non-hydrogen) atoms. The number of amides is 1. The van der Waals surface area contributed by atoms with Gasteiger partial charge in [-0.15, -0.1) is 10.2 Å². The Bertz CT molecular complexity index is 799. The van der Waals surface area contributed by atoms with Crippen molar-refractivity contribution in [2.24, 2.45) is 0 Å². The molecule has 1 saturated heterocycles. The number of β-amino-alcohol motifs (C(OH)–C–C–N with tert-alkyl or cyclic N) is 1. The zero-order valence-corrected chi connectivity index (χ0v) is 16.2. The monoisotopic (exact) mass is 416 g/mol. The van der Waals surface area contributed by atoms with Gasteiger partial charge in [-0.1, -0.05) is 29.9 Å². The van der Waals surface area contributed by atoms with Crippen LogP contribution >= 0.6 is 22.9 Å². The molecular formula is C15H21ClN6O4S. The van der Waals surface area contributed by atoms with Crippen LogP contribution in [0, 0.1) is 0 Å². The van der Waals surface area contributed by atoms with Gasteiger partial charge in [-0.3, -0.25) is 4.79 Å². The number of halogens is 1. The normalized spacial score (nSPS) is 21.3. The molecular weight excluding hydrogens is 396 g/mol. The molecule has 12 heteroatoms. The summed E-state index contributed by atoms with van der Waals surface area (Å²) in [6.45, 7) is 2.28. The molecule has 1 fully saturated rings. The summed E-state index contributed by atoms with van der Waals surface area (Å²) < 4.78 is 0. The molecule has 3 rings (SSSR count). The maximum absolute atomic E-state index is 12.3. The lowest BCUT2D eigenvalue weighted by molar-refractivity contribution is 0.0790. The number of aryl methyl sites for hydroxylation is 1. The molecule has 5 N–H and O–H groups in total. The number of aromatic nitrogens is 4. The molecule has 0 radical (unpaired) electrons. The Labute approximate surface area is 164 Å². The van der Waals surface area contributed by atoms with Gasteiger partial charge in [0.15, 0.2) is 11.0 Å². The van der Waals surface area contributed by atoms with Crippen LogP contribution in [0.1, 0.15) is 40.8 Å². The SMILES string of the molecule is CCc1[nH]c(C(=O)N[C@@H]2CCN(c3nnc([C@@H](O)CO)s3)C[C@@H]2O)nc1Cl. The number of H-pyrrole nitrogens is 1. The van der Waals surface area contributed by atoms with Crippen molar-refractivity contribution >= 4 is 34.0 Å². The highest BCUT2D eigenvalue weighted by atomic mass is 35.5. The van der Waals surface area contributed by atoms with Crippen LogP contribution in [0.25, 0.3) is 0 Å². The first-order valence-corrected chi connectivity index (χ1v) is 9.73. The number of rotatable bonds is 6. The minimum absolute atomic E-state index is 0.123. The Hall–Kier alpha value is -1.79. The zero-order valence-electron chi connectivity index (χ0n) is 14.6. The third-order valence-corrected chi connectivity index (χ3v) is 5.75. The molecule has 2 aromatic heterocycles. The van der Waals surface area contributed by atoms with Gasteiger partial charge in [-0.2, -0.15) is 0 Å². The Morgan fingerprint density at radius 1 is 1.52 bits per heavy atom. The maximum Gasteiger partial charge on any atom is 0.287 e. The van der Waals surface area contributed by atoms with E-state index in [0.29, 0.717) is 35.2 Å². The number of aromatic amines is 1. The van der Waals surface area contributed by atoms with Gasteiger partial charge in [-0.05, 0) is 12.8 Å². The molecule has 0 saturated carbocycles. The first-order valence-electron chi connectivity index (χ1n) is 8.53. The fourth-order valence-corrected chi connectivity index (χ4v) is 3.93. The molecule has 0 bridgehead atoms. The second-order valence-corrected chi connectivity index (χ2v) is 7.56. The highest BCUT2D eigenvalue weighted by Gasteiger charge is 2.31. The summed E-state index contributed by atoms with van der Waals surface area (Å²) in [5.41, 5.74) is 0.689. The van der Waals surface area contributed by atoms with Gasteiger partial charge in [0.2, 0.25) is 5.13 Å². The lowest BCUT2D eigenvalue weighted by atomic mass is 10.0. The Kier molecular flexibility index (Phi) is 6.27. The van der Waals surface area contributed by atoms with Gasteiger partial charge in [0.05, 0.1) is 24.4 Å². The molecule has 0 unspecified atom stereocenters. The summed E-state index contributed by atoms with van der Waals surface area (Å²) in [6.07, 6.45) is -0.742. The first-order chi connectivity index (χ1) is 12.9. The van der Waals surface area contributed by atoms with Gasteiger partial charge in [-0.25, -0.2) is 4.98 Å². The van der Waals surface area contributed by atoms with E-state index in [0.717, 1.165) is 11.3 Å². The number of nitrogens with one attached hydrogen (secondary N) is 2. The number of aliphatic hydroxyl groups is 3. The van der Waals surface area contributed by atoms with Gasteiger partial charge in [0.25, 0.3) is 5.91 Å². The predicted octanol–water partition coefficient (Wildman–Crippen LogP) is -0.128. The minimum Gasteiger partial charge on any atom is -0.393 e.